The number of hydrogen-bond donors (Lipinski definition) is 1. The Balaban J connectivity index is 2.58. The van der Waals surface area contributed by atoms with E-state index < -0.39 is 5.97 Å². The van der Waals surface area contributed by atoms with Crippen LogP contribution in [0.15, 0.2) is 42.5 Å². The highest BCUT2D eigenvalue weighted by molar-refractivity contribution is 5.98. The summed E-state index contributed by atoms with van der Waals surface area (Å²) in [6.07, 6.45) is 0. The van der Waals surface area contributed by atoms with E-state index >= 15 is 0 Å². The highest BCUT2D eigenvalue weighted by atomic mass is 16.5. The minimum absolute atomic E-state index is 0.252. The van der Waals surface area contributed by atoms with Gasteiger partial charge in [0.05, 0.1) is 12.7 Å². The van der Waals surface area contributed by atoms with Gasteiger partial charge in [0.1, 0.15) is 5.75 Å². The standard InChI is InChI=1S/C17H18O3/c1-11(2)12-7-9-13(10-8-12)16-14(17(18)19)5-4-6-15(16)20-3/h4-11H,1-3H3,(H,18,19). The molecule has 3 nitrogen and oxygen atoms in total. The molecule has 0 aromatic heterocycles. The van der Waals surface area contributed by atoms with Crippen molar-refractivity contribution in [3.8, 4) is 16.9 Å². The number of ether oxygens (including phenoxy) is 1. The molecule has 0 aliphatic heterocycles. The molecule has 1 N–H and O–H groups in total. The van der Waals surface area contributed by atoms with Gasteiger partial charge < -0.3 is 9.84 Å². The van der Waals surface area contributed by atoms with Crippen molar-refractivity contribution in [1.29, 1.82) is 0 Å². The number of aromatic carboxylic acids is 1. The third-order valence-electron chi connectivity index (χ3n) is 3.34. The fourth-order valence-electron chi connectivity index (χ4n) is 2.21. The normalized spacial score (nSPS) is 10.6. The first-order valence-electron chi connectivity index (χ1n) is 6.55. The lowest BCUT2D eigenvalue weighted by atomic mass is 9.95. The van der Waals surface area contributed by atoms with E-state index in [-0.39, 0.29) is 5.56 Å². The van der Waals surface area contributed by atoms with Crippen molar-refractivity contribution < 1.29 is 14.6 Å². The summed E-state index contributed by atoms with van der Waals surface area (Å²) in [5.74, 6) is 0.0645. The molecule has 0 aliphatic rings. The maximum Gasteiger partial charge on any atom is 0.336 e. The summed E-state index contributed by atoms with van der Waals surface area (Å²) in [7, 11) is 1.55. The Kier molecular flexibility index (Phi) is 4.08. The number of hydrogen-bond acceptors (Lipinski definition) is 2. The minimum Gasteiger partial charge on any atom is -0.496 e. The van der Waals surface area contributed by atoms with Crippen LogP contribution < -0.4 is 4.74 Å². The second-order valence-corrected chi connectivity index (χ2v) is 4.96. The van der Waals surface area contributed by atoms with E-state index in [2.05, 4.69) is 13.8 Å². The largest absolute Gasteiger partial charge is 0.496 e. The Morgan fingerprint density at radius 1 is 1.10 bits per heavy atom. The zero-order chi connectivity index (χ0) is 14.7. The van der Waals surface area contributed by atoms with Crippen LogP contribution in [0.5, 0.6) is 5.75 Å². The lowest BCUT2D eigenvalue weighted by molar-refractivity contribution is 0.0697. The summed E-state index contributed by atoms with van der Waals surface area (Å²) in [5.41, 5.74) is 2.95. The average Bonchev–Trinajstić information content (AvgIpc) is 2.46. The molecular weight excluding hydrogens is 252 g/mol. The zero-order valence-electron chi connectivity index (χ0n) is 11.9. The Labute approximate surface area is 118 Å². The molecule has 0 saturated heterocycles. The van der Waals surface area contributed by atoms with Gasteiger partial charge in [-0.2, -0.15) is 0 Å². The Bertz CT molecular complexity index is 613. The predicted molar refractivity (Wildman–Crippen MR) is 79.5 cm³/mol. The summed E-state index contributed by atoms with van der Waals surface area (Å²) in [6, 6.07) is 13.0. The van der Waals surface area contributed by atoms with Gasteiger partial charge in [-0.25, -0.2) is 4.79 Å². The lowest BCUT2D eigenvalue weighted by Crippen LogP contribution is -2.01. The SMILES string of the molecule is COc1cccc(C(=O)O)c1-c1ccc(C(C)C)cc1. The van der Waals surface area contributed by atoms with Gasteiger partial charge in [-0.05, 0) is 29.2 Å². The molecule has 0 amide bonds. The van der Waals surface area contributed by atoms with Gasteiger partial charge in [0.15, 0.2) is 0 Å². The van der Waals surface area contributed by atoms with Crippen LogP contribution in [-0.2, 0) is 0 Å². The van der Waals surface area contributed by atoms with Crippen molar-refractivity contribution in [1.82, 2.24) is 0 Å². The fourth-order valence-corrected chi connectivity index (χ4v) is 2.21. The second kappa shape index (κ2) is 5.78. The molecule has 0 bridgehead atoms. The highest BCUT2D eigenvalue weighted by Gasteiger charge is 2.16. The molecule has 2 aromatic carbocycles. The molecule has 0 atom stereocenters. The fraction of sp³-hybridized carbons (Fsp3) is 0.235. The molecule has 0 fully saturated rings. The first-order valence-corrected chi connectivity index (χ1v) is 6.55. The maximum absolute atomic E-state index is 11.4. The molecule has 20 heavy (non-hydrogen) atoms. The lowest BCUT2D eigenvalue weighted by Gasteiger charge is -2.13. The summed E-state index contributed by atoms with van der Waals surface area (Å²) in [4.78, 5) is 11.4. The van der Waals surface area contributed by atoms with Crippen LogP contribution in [0, 0.1) is 0 Å². The zero-order valence-corrected chi connectivity index (χ0v) is 11.9. The van der Waals surface area contributed by atoms with E-state index in [4.69, 9.17) is 4.74 Å². The Morgan fingerprint density at radius 2 is 1.75 bits per heavy atom. The van der Waals surface area contributed by atoms with Gasteiger partial charge >= 0.3 is 5.97 Å². The summed E-state index contributed by atoms with van der Waals surface area (Å²) in [6.45, 7) is 4.25. The van der Waals surface area contributed by atoms with Crippen molar-refractivity contribution in [2.75, 3.05) is 7.11 Å². The summed E-state index contributed by atoms with van der Waals surface area (Å²) >= 11 is 0. The predicted octanol–water partition coefficient (Wildman–Crippen LogP) is 4.18. The van der Waals surface area contributed by atoms with Gasteiger partial charge in [-0.15, -0.1) is 0 Å². The molecule has 0 spiro atoms. The van der Waals surface area contributed by atoms with E-state index in [0.29, 0.717) is 17.2 Å². The number of carboxylic acid groups (broad SMARTS) is 1. The van der Waals surface area contributed by atoms with Crippen molar-refractivity contribution >= 4 is 5.97 Å². The minimum atomic E-state index is -0.952. The van der Waals surface area contributed by atoms with Crippen LogP contribution >= 0.6 is 0 Å². The van der Waals surface area contributed by atoms with Crippen LogP contribution in [0.1, 0.15) is 35.7 Å². The first-order chi connectivity index (χ1) is 9.54. The topological polar surface area (TPSA) is 46.5 Å². The monoisotopic (exact) mass is 270 g/mol. The third-order valence-corrected chi connectivity index (χ3v) is 3.34. The van der Waals surface area contributed by atoms with E-state index in [0.717, 1.165) is 5.56 Å². The molecule has 0 aliphatic carbocycles. The number of carboxylic acids is 1. The van der Waals surface area contributed by atoms with Crippen molar-refractivity contribution in [3.63, 3.8) is 0 Å². The molecule has 2 rings (SSSR count). The van der Waals surface area contributed by atoms with E-state index in [1.165, 1.54) is 5.56 Å². The quantitative estimate of drug-likeness (QED) is 0.906. The number of rotatable bonds is 4. The summed E-state index contributed by atoms with van der Waals surface area (Å²) < 4.78 is 5.30. The first kappa shape index (κ1) is 14.1. The molecule has 0 unspecified atom stereocenters. The van der Waals surface area contributed by atoms with Crippen molar-refractivity contribution in [2.24, 2.45) is 0 Å². The van der Waals surface area contributed by atoms with Crippen molar-refractivity contribution in [2.45, 2.75) is 19.8 Å². The van der Waals surface area contributed by atoms with Crippen molar-refractivity contribution in [3.05, 3.63) is 53.6 Å². The van der Waals surface area contributed by atoms with E-state index in [1.807, 2.05) is 24.3 Å². The molecule has 0 saturated carbocycles. The van der Waals surface area contributed by atoms with Gasteiger partial charge in [-0.1, -0.05) is 44.2 Å². The van der Waals surface area contributed by atoms with Crippen LogP contribution in [-0.4, -0.2) is 18.2 Å². The molecule has 104 valence electrons. The van der Waals surface area contributed by atoms with Crippen LogP contribution in [0.25, 0.3) is 11.1 Å². The van der Waals surface area contributed by atoms with Gasteiger partial charge in [0, 0.05) is 5.56 Å². The molecule has 0 radical (unpaired) electrons. The molecule has 2 aromatic rings. The van der Waals surface area contributed by atoms with Crippen LogP contribution in [0.3, 0.4) is 0 Å². The van der Waals surface area contributed by atoms with Crippen LogP contribution in [0.4, 0.5) is 0 Å². The molecule has 3 heteroatoms. The van der Waals surface area contributed by atoms with Crippen LogP contribution in [0.2, 0.25) is 0 Å². The highest BCUT2D eigenvalue weighted by Crippen LogP contribution is 2.34. The molecule has 0 heterocycles. The van der Waals surface area contributed by atoms with Gasteiger partial charge in [0.25, 0.3) is 0 Å². The van der Waals surface area contributed by atoms with E-state index in [1.54, 1.807) is 25.3 Å². The average molecular weight is 270 g/mol. The third kappa shape index (κ3) is 2.67. The smallest absolute Gasteiger partial charge is 0.336 e. The summed E-state index contributed by atoms with van der Waals surface area (Å²) in [5, 5.41) is 9.33. The molecular formula is C17H18O3. The number of carbonyl (C=O) groups is 1. The second-order valence-electron chi connectivity index (χ2n) is 4.96. The number of benzene rings is 2. The Hall–Kier alpha value is -2.29. The Morgan fingerprint density at radius 3 is 2.25 bits per heavy atom. The van der Waals surface area contributed by atoms with Gasteiger partial charge in [0.2, 0.25) is 0 Å². The maximum atomic E-state index is 11.4. The number of methoxy groups -OCH3 is 1. The van der Waals surface area contributed by atoms with E-state index in [9.17, 15) is 9.90 Å². The van der Waals surface area contributed by atoms with Gasteiger partial charge in [-0.3, -0.25) is 0 Å².